The van der Waals surface area contributed by atoms with Crippen LogP contribution in [0.4, 0.5) is 4.79 Å². The minimum absolute atomic E-state index is 0.00669. The summed E-state index contributed by atoms with van der Waals surface area (Å²) in [5.41, 5.74) is 5.87. The van der Waals surface area contributed by atoms with Crippen LogP contribution >= 0.6 is 0 Å². The van der Waals surface area contributed by atoms with Gasteiger partial charge in [0.1, 0.15) is 12.4 Å². The molecular weight excluding hydrogens is 348 g/mol. The fourth-order valence-corrected chi connectivity index (χ4v) is 3.39. The highest BCUT2D eigenvalue weighted by molar-refractivity contribution is 5.71. The van der Waals surface area contributed by atoms with Crippen molar-refractivity contribution in [3.63, 3.8) is 0 Å². The lowest BCUT2D eigenvalue weighted by Gasteiger charge is -2.17. The predicted molar refractivity (Wildman–Crippen MR) is 112 cm³/mol. The molecule has 1 atom stereocenters. The number of hydrogen-bond acceptors (Lipinski definition) is 3. The van der Waals surface area contributed by atoms with Gasteiger partial charge in [-0.3, -0.25) is 0 Å². The summed E-state index contributed by atoms with van der Waals surface area (Å²) in [5.74, 6) is 1.17. The van der Waals surface area contributed by atoms with Crippen molar-refractivity contribution < 1.29 is 9.53 Å². The second-order valence-electron chi connectivity index (χ2n) is 7.62. The van der Waals surface area contributed by atoms with Crippen LogP contribution in [-0.4, -0.2) is 15.6 Å². The Bertz CT molecular complexity index is 955. The minimum atomic E-state index is -0.405. The molecule has 0 aliphatic carbocycles. The van der Waals surface area contributed by atoms with E-state index >= 15 is 0 Å². The largest absolute Gasteiger partial charge is 0.444 e. The number of hydrogen-bond donors (Lipinski definition) is 0. The van der Waals surface area contributed by atoms with Gasteiger partial charge in [-0.2, -0.15) is 0 Å². The first-order valence-corrected chi connectivity index (χ1v) is 9.73. The van der Waals surface area contributed by atoms with Gasteiger partial charge < -0.3 is 4.74 Å². The maximum Gasteiger partial charge on any atom is 0.419 e. The van der Waals surface area contributed by atoms with Crippen LogP contribution in [0, 0.1) is 13.8 Å². The zero-order chi connectivity index (χ0) is 20.3. The number of aromatic nitrogens is 2. The first-order chi connectivity index (χ1) is 13.4. The summed E-state index contributed by atoms with van der Waals surface area (Å²) in [4.78, 5) is 17.1. The minimum Gasteiger partial charge on any atom is -0.444 e. The SMILES string of the molecule is Cc1cccc([C@H](C)c2nccn2C(=O)OCc2ccc(C(C)C)cc2)c1C. The van der Waals surface area contributed by atoms with Crippen molar-refractivity contribution in [2.24, 2.45) is 0 Å². The van der Waals surface area contributed by atoms with Gasteiger partial charge in [0, 0.05) is 18.3 Å². The fourth-order valence-electron chi connectivity index (χ4n) is 3.39. The lowest BCUT2D eigenvalue weighted by molar-refractivity contribution is 0.140. The number of imidazole rings is 1. The number of carbonyl (C=O) groups excluding carboxylic acids is 1. The Balaban J connectivity index is 1.73. The maximum atomic E-state index is 12.7. The Labute approximate surface area is 167 Å². The molecular formula is C24H28N2O2. The molecule has 0 spiro atoms. The molecule has 0 unspecified atom stereocenters. The molecule has 1 heterocycles. The molecule has 1 aromatic heterocycles. The van der Waals surface area contributed by atoms with Gasteiger partial charge in [0.25, 0.3) is 0 Å². The van der Waals surface area contributed by atoms with Gasteiger partial charge in [0.05, 0.1) is 0 Å². The monoisotopic (exact) mass is 376 g/mol. The molecule has 0 aliphatic heterocycles. The van der Waals surface area contributed by atoms with Crippen molar-refractivity contribution in [1.82, 2.24) is 9.55 Å². The van der Waals surface area contributed by atoms with E-state index in [9.17, 15) is 4.79 Å². The fraction of sp³-hybridized carbons (Fsp3) is 0.333. The first kappa shape index (κ1) is 19.9. The molecule has 4 heteroatoms. The van der Waals surface area contributed by atoms with Crippen LogP contribution in [0.1, 0.15) is 66.2 Å². The van der Waals surface area contributed by atoms with E-state index in [0.29, 0.717) is 11.7 Å². The average molecular weight is 377 g/mol. The highest BCUT2D eigenvalue weighted by atomic mass is 16.5. The summed E-state index contributed by atoms with van der Waals surface area (Å²) in [5, 5.41) is 0. The van der Waals surface area contributed by atoms with Crippen LogP contribution in [0.15, 0.2) is 54.9 Å². The highest BCUT2D eigenvalue weighted by Crippen LogP contribution is 2.27. The molecule has 0 bridgehead atoms. The van der Waals surface area contributed by atoms with Crippen molar-refractivity contribution in [3.8, 4) is 0 Å². The molecule has 0 saturated carbocycles. The van der Waals surface area contributed by atoms with Gasteiger partial charge in [0.2, 0.25) is 0 Å². The molecule has 0 radical (unpaired) electrons. The molecule has 3 rings (SSSR count). The van der Waals surface area contributed by atoms with Crippen molar-refractivity contribution in [2.45, 2.75) is 53.1 Å². The summed E-state index contributed by atoms with van der Waals surface area (Å²) < 4.78 is 7.05. The van der Waals surface area contributed by atoms with E-state index in [0.717, 1.165) is 5.56 Å². The zero-order valence-corrected chi connectivity index (χ0v) is 17.3. The van der Waals surface area contributed by atoms with Gasteiger partial charge in [-0.15, -0.1) is 0 Å². The van der Waals surface area contributed by atoms with Crippen molar-refractivity contribution in [1.29, 1.82) is 0 Å². The second kappa shape index (κ2) is 8.42. The third-order valence-electron chi connectivity index (χ3n) is 5.38. The Morgan fingerprint density at radius 1 is 1.07 bits per heavy atom. The van der Waals surface area contributed by atoms with E-state index < -0.39 is 6.09 Å². The standard InChI is InChI=1S/C24H28N2O2/c1-16(2)21-11-9-20(10-12-21)15-28-24(27)26-14-13-25-23(26)19(5)22-8-6-7-17(3)18(22)4/h6-14,16,19H,15H2,1-5H3/t19-/m0/s1. The van der Waals surface area contributed by atoms with Crippen molar-refractivity contribution in [3.05, 3.63) is 88.5 Å². The van der Waals surface area contributed by atoms with Crippen molar-refractivity contribution in [2.75, 3.05) is 0 Å². The number of benzene rings is 2. The number of carbonyl (C=O) groups is 1. The van der Waals surface area contributed by atoms with Crippen LogP contribution in [-0.2, 0) is 11.3 Å². The predicted octanol–water partition coefficient (Wildman–Crippen LogP) is 5.96. The third kappa shape index (κ3) is 4.16. The number of ether oxygens (including phenoxy) is 1. The molecule has 0 N–H and O–H groups in total. The molecule has 0 amide bonds. The second-order valence-corrected chi connectivity index (χ2v) is 7.62. The Hall–Kier alpha value is -2.88. The van der Waals surface area contributed by atoms with Gasteiger partial charge in [-0.25, -0.2) is 14.3 Å². The van der Waals surface area contributed by atoms with E-state index in [2.05, 4.69) is 63.9 Å². The normalized spacial score (nSPS) is 12.2. The topological polar surface area (TPSA) is 44.1 Å². The van der Waals surface area contributed by atoms with E-state index in [1.54, 1.807) is 12.4 Å². The molecule has 2 aromatic carbocycles. The summed E-state index contributed by atoms with van der Waals surface area (Å²) in [6.07, 6.45) is 2.91. The van der Waals surface area contributed by atoms with Crippen LogP contribution in [0.25, 0.3) is 0 Å². The van der Waals surface area contributed by atoms with Crippen LogP contribution in [0.3, 0.4) is 0 Å². The molecule has 146 valence electrons. The lowest BCUT2D eigenvalue weighted by atomic mass is 9.93. The Morgan fingerprint density at radius 3 is 2.46 bits per heavy atom. The van der Waals surface area contributed by atoms with E-state index in [4.69, 9.17) is 4.74 Å². The van der Waals surface area contributed by atoms with E-state index in [1.165, 1.54) is 26.8 Å². The molecule has 0 aliphatic rings. The summed E-state index contributed by atoms with van der Waals surface area (Å²) >= 11 is 0. The van der Waals surface area contributed by atoms with Gasteiger partial charge in [-0.05, 0) is 47.6 Å². The third-order valence-corrected chi connectivity index (χ3v) is 5.38. The lowest BCUT2D eigenvalue weighted by Crippen LogP contribution is -2.18. The highest BCUT2D eigenvalue weighted by Gasteiger charge is 2.20. The van der Waals surface area contributed by atoms with Gasteiger partial charge in [0.15, 0.2) is 0 Å². The smallest absolute Gasteiger partial charge is 0.419 e. The van der Waals surface area contributed by atoms with Crippen LogP contribution in [0.2, 0.25) is 0 Å². The van der Waals surface area contributed by atoms with Crippen LogP contribution in [0.5, 0.6) is 0 Å². The molecule has 4 nitrogen and oxygen atoms in total. The van der Waals surface area contributed by atoms with Gasteiger partial charge in [-0.1, -0.05) is 63.2 Å². The first-order valence-electron chi connectivity index (χ1n) is 9.73. The summed E-state index contributed by atoms with van der Waals surface area (Å²) in [7, 11) is 0. The zero-order valence-electron chi connectivity index (χ0n) is 17.3. The average Bonchev–Trinajstić information content (AvgIpc) is 3.18. The molecule has 0 fully saturated rings. The van der Waals surface area contributed by atoms with Crippen LogP contribution < -0.4 is 0 Å². The Kier molecular flexibility index (Phi) is 5.98. The number of aryl methyl sites for hydroxylation is 1. The maximum absolute atomic E-state index is 12.7. The molecule has 28 heavy (non-hydrogen) atoms. The molecule has 0 saturated heterocycles. The molecule has 3 aromatic rings. The Morgan fingerprint density at radius 2 is 1.79 bits per heavy atom. The summed E-state index contributed by atoms with van der Waals surface area (Å²) in [6, 6.07) is 14.4. The van der Waals surface area contributed by atoms with Crippen molar-refractivity contribution >= 4 is 6.09 Å². The van der Waals surface area contributed by atoms with Gasteiger partial charge >= 0.3 is 6.09 Å². The number of rotatable bonds is 5. The van der Waals surface area contributed by atoms with E-state index in [1.807, 2.05) is 18.2 Å². The van der Waals surface area contributed by atoms with E-state index in [-0.39, 0.29) is 12.5 Å². The quantitative estimate of drug-likeness (QED) is 0.552. The summed E-state index contributed by atoms with van der Waals surface area (Å²) in [6.45, 7) is 10.8. The number of nitrogens with zero attached hydrogens (tertiary/aromatic N) is 2.